The second kappa shape index (κ2) is 8.70. The van der Waals surface area contributed by atoms with E-state index in [-0.39, 0.29) is 5.41 Å². The third-order valence-corrected chi connectivity index (χ3v) is 4.78. The van der Waals surface area contributed by atoms with Gasteiger partial charge in [0.1, 0.15) is 12.3 Å². The number of aliphatic imine (C=N–C) groups is 1. The fourth-order valence-electron chi connectivity index (χ4n) is 3.27. The molecule has 1 fully saturated rings. The van der Waals surface area contributed by atoms with Crippen molar-refractivity contribution in [3.8, 4) is 0 Å². The molecule has 6 heteroatoms. The zero-order chi connectivity index (χ0) is 18.4. The standard InChI is InChI=1S/C19H35N5O/c1-7-20-18(24-11-10-15(14-24)23(8-2)9-3)22-13-17-21-12-16(25-17)19(4,5)6/h12,15H,7-11,13-14H2,1-6H3,(H,20,22). The number of likely N-dealkylation sites (N-methyl/N-ethyl adjacent to an activating group) is 1. The summed E-state index contributed by atoms with van der Waals surface area (Å²) in [5, 5.41) is 3.42. The molecule has 0 saturated carbocycles. The molecule has 1 aromatic heterocycles. The van der Waals surface area contributed by atoms with Crippen LogP contribution in [0.3, 0.4) is 0 Å². The van der Waals surface area contributed by atoms with Crippen LogP contribution in [0.5, 0.6) is 0 Å². The molecule has 1 N–H and O–H groups in total. The summed E-state index contributed by atoms with van der Waals surface area (Å²) in [5.41, 5.74) is -0.0224. The van der Waals surface area contributed by atoms with E-state index in [1.54, 1.807) is 0 Å². The molecule has 0 amide bonds. The van der Waals surface area contributed by atoms with Gasteiger partial charge in [0.05, 0.1) is 6.20 Å². The first kappa shape index (κ1) is 19.8. The summed E-state index contributed by atoms with van der Waals surface area (Å²) in [5.74, 6) is 2.55. The minimum atomic E-state index is -0.0224. The summed E-state index contributed by atoms with van der Waals surface area (Å²) in [4.78, 5) is 14.0. The topological polar surface area (TPSA) is 56.9 Å². The van der Waals surface area contributed by atoms with E-state index in [0.717, 1.165) is 44.4 Å². The fourth-order valence-corrected chi connectivity index (χ4v) is 3.27. The van der Waals surface area contributed by atoms with Gasteiger partial charge in [0.25, 0.3) is 0 Å². The molecule has 1 saturated heterocycles. The Morgan fingerprint density at radius 3 is 2.64 bits per heavy atom. The van der Waals surface area contributed by atoms with Crippen molar-refractivity contribution in [2.45, 2.75) is 66.0 Å². The Morgan fingerprint density at radius 1 is 1.36 bits per heavy atom. The van der Waals surface area contributed by atoms with E-state index < -0.39 is 0 Å². The molecule has 0 aliphatic carbocycles. The van der Waals surface area contributed by atoms with Gasteiger partial charge in [-0.1, -0.05) is 34.6 Å². The number of rotatable bonds is 6. The lowest BCUT2D eigenvalue weighted by molar-refractivity contribution is 0.223. The van der Waals surface area contributed by atoms with Gasteiger partial charge in [0.15, 0.2) is 5.96 Å². The van der Waals surface area contributed by atoms with E-state index in [1.165, 1.54) is 6.42 Å². The predicted molar refractivity (Wildman–Crippen MR) is 103 cm³/mol. The van der Waals surface area contributed by atoms with Crippen LogP contribution in [0.2, 0.25) is 0 Å². The average Bonchev–Trinajstić information content (AvgIpc) is 3.22. The highest BCUT2D eigenvalue weighted by molar-refractivity contribution is 5.80. The van der Waals surface area contributed by atoms with Gasteiger partial charge in [0, 0.05) is 31.1 Å². The molecule has 0 radical (unpaired) electrons. The maximum atomic E-state index is 5.86. The van der Waals surface area contributed by atoms with Crippen molar-refractivity contribution in [3.63, 3.8) is 0 Å². The van der Waals surface area contributed by atoms with Gasteiger partial charge in [-0.2, -0.15) is 0 Å². The van der Waals surface area contributed by atoms with E-state index in [1.807, 2.05) is 6.20 Å². The van der Waals surface area contributed by atoms with Gasteiger partial charge in [-0.15, -0.1) is 0 Å². The van der Waals surface area contributed by atoms with Crippen LogP contribution in [-0.2, 0) is 12.0 Å². The van der Waals surface area contributed by atoms with E-state index >= 15 is 0 Å². The number of hydrogen-bond acceptors (Lipinski definition) is 4. The highest BCUT2D eigenvalue weighted by Crippen LogP contribution is 2.23. The van der Waals surface area contributed by atoms with Gasteiger partial charge < -0.3 is 14.6 Å². The molecular weight excluding hydrogens is 314 g/mol. The number of aromatic nitrogens is 1. The first-order valence-electron chi connectivity index (χ1n) is 9.61. The summed E-state index contributed by atoms with van der Waals surface area (Å²) < 4.78 is 5.86. The first-order valence-corrected chi connectivity index (χ1v) is 9.61. The maximum Gasteiger partial charge on any atom is 0.216 e. The van der Waals surface area contributed by atoms with Crippen LogP contribution in [0.15, 0.2) is 15.6 Å². The quantitative estimate of drug-likeness (QED) is 0.632. The van der Waals surface area contributed by atoms with Crippen molar-refractivity contribution in [1.82, 2.24) is 20.1 Å². The molecular formula is C19H35N5O. The van der Waals surface area contributed by atoms with E-state index in [2.05, 4.69) is 61.6 Å². The largest absolute Gasteiger partial charge is 0.443 e. The lowest BCUT2D eigenvalue weighted by Crippen LogP contribution is -2.43. The summed E-state index contributed by atoms with van der Waals surface area (Å²) in [7, 11) is 0. The van der Waals surface area contributed by atoms with Gasteiger partial charge >= 0.3 is 0 Å². The first-order chi connectivity index (χ1) is 11.9. The average molecular weight is 350 g/mol. The number of oxazole rings is 1. The number of guanidine groups is 1. The van der Waals surface area contributed by atoms with Crippen LogP contribution in [0, 0.1) is 0 Å². The van der Waals surface area contributed by atoms with Gasteiger partial charge in [-0.25, -0.2) is 9.98 Å². The van der Waals surface area contributed by atoms with E-state index in [4.69, 9.17) is 9.41 Å². The lowest BCUT2D eigenvalue weighted by atomic mass is 9.94. The monoisotopic (exact) mass is 349 g/mol. The zero-order valence-electron chi connectivity index (χ0n) is 16.8. The minimum absolute atomic E-state index is 0.0224. The van der Waals surface area contributed by atoms with Crippen molar-refractivity contribution in [3.05, 3.63) is 17.8 Å². The van der Waals surface area contributed by atoms with Crippen molar-refractivity contribution >= 4 is 5.96 Å². The molecule has 6 nitrogen and oxygen atoms in total. The molecule has 25 heavy (non-hydrogen) atoms. The Bertz CT molecular complexity index is 556. The Labute approximate surface area is 152 Å². The molecule has 2 rings (SSSR count). The molecule has 0 spiro atoms. The van der Waals surface area contributed by atoms with Crippen molar-refractivity contribution in [2.24, 2.45) is 4.99 Å². The van der Waals surface area contributed by atoms with Crippen molar-refractivity contribution in [1.29, 1.82) is 0 Å². The normalized spacial score (nSPS) is 19.1. The highest BCUT2D eigenvalue weighted by Gasteiger charge is 2.28. The van der Waals surface area contributed by atoms with Crippen LogP contribution < -0.4 is 5.32 Å². The lowest BCUT2D eigenvalue weighted by Gasteiger charge is -2.27. The SMILES string of the molecule is CCNC(=NCc1ncc(C(C)(C)C)o1)N1CCC(N(CC)CC)C1. The third-order valence-electron chi connectivity index (χ3n) is 4.78. The van der Waals surface area contributed by atoms with Crippen LogP contribution in [0.25, 0.3) is 0 Å². The van der Waals surface area contributed by atoms with Crippen LogP contribution in [-0.4, -0.2) is 59.5 Å². The summed E-state index contributed by atoms with van der Waals surface area (Å²) in [6, 6.07) is 0.619. The van der Waals surface area contributed by atoms with Gasteiger partial charge in [-0.3, -0.25) is 4.90 Å². The van der Waals surface area contributed by atoms with Crippen molar-refractivity contribution < 1.29 is 4.42 Å². The van der Waals surface area contributed by atoms with E-state index in [9.17, 15) is 0 Å². The Balaban J connectivity index is 2.03. The Hall–Kier alpha value is -1.56. The van der Waals surface area contributed by atoms with Crippen LogP contribution >= 0.6 is 0 Å². The molecule has 1 atom stereocenters. The predicted octanol–water partition coefficient (Wildman–Crippen LogP) is 2.85. The zero-order valence-corrected chi connectivity index (χ0v) is 16.8. The maximum absolute atomic E-state index is 5.86. The second-order valence-electron chi connectivity index (χ2n) is 7.65. The molecule has 2 heterocycles. The van der Waals surface area contributed by atoms with Crippen molar-refractivity contribution in [2.75, 3.05) is 32.7 Å². The summed E-state index contributed by atoms with van der Waals surface area (Å²) >= 11 is 0. The molecule has 142 valence electrons. The molecule has 1 aliphatic heterocycles. The second-order valence-corrected chi connectivity index (χ2v) is 7.65. The van der Waals surface area contributed by atoms with E-state index in [0.29, 0.717) is 18.5 Å². The molecule has 1 aliphatic rings. The van der Waals surface area contributed by atoms with Gasteiger partial charge in [-0.05, 0) is 26.4 Å². The smallest absolute Gasteiger partial charge is 0.216 e. The van der Waals surface area contributed by atoms with Crippen LogP contribution in [0.1, 0.15) is 59.6 Å². The molecule has 1 unspecified atom stereocenters. The number of hydrogen-bond donors (Lipinski definition) is 1. The summed E-state index contributed by atoms with van der Waals surface area (Å²) in [6.45, 7) is 18.6. The number of likely N-dealkylation sites (tertiary alicyclic amines) is 1. The minimum Gasteiger partial charge on any atom is -0.443 e. The van der Waals surface area contributed by atoms with Crippen LogP contribution in [0.4, 0.5) is 0 Å². The molecule has 1 aromatic rings. The highest BCUT2D eigenvalue weighted by atomic mass is 16.4. The summed E-state index contributed by atoms with van der Waals surface area (Å²) in [6.07, 6.45) is 3.02. The molecule has 0 bridgehead atoms. The number of nitrogens with one attached hydrogen (secondary N) is 1. The molecule has 0 aromatic carbocycles. The Morgan fingerprint density at radius 2 is 2.08 bits per heavy atom. The van der Waals surface area contributed by atoms with Gasteiger partial charge in [0.2, 0.25) is 5.89 Å². The third kappa shape index (κ3) is 5.21. The number of nitrogens with zero attached hydrogens (tertiary/aromatic N) is 4. The fraction of sp³-hybridized carbons (Fsp3) is 0.789. The Kier molecular flexibility index (Phi) is 6.87.